The van der Waals surface area contributed by atoms with Crippen LogP contribution in [-0.4, -0.2) is 73.4 Å². The Morgan fingerprint density at radius 3 is 1.33 bits per heavy atom. The second kappa shape index (κ2) is 43.0. The third-order valence-corrected chi connectivity index (χ3v) is 12.3. The molecule has 8 nitrogen and oxygen atoms in total. The SMILES string of the molecule is CCCCCCCCCCCCCCCC/C=C/CC/C=C/CC/C=C/C(O)C(COP(=O)(O)OCC[N+](C)(C)C)NC(=O)CCCCCCCCCCCCCCCC. The number of phosphoric acid groups is 1. The van der Waals surface area contributed by atoms with Gasteiger partial charge in [-0.1, -0.05) is 217 Å². The van der Waals surface area contributed by atoms with Crippen molar-refractivity contribution >= 4 is 13.7 Å². The molecule has 0 aromatic heterocycles. The van der Waals surface area contributed by atoms with Gasteiger partial charge in [-0.3, -0.25) is 13.8 Å². The number of carbonyl (C=O) groups excluding carboxylic acids is 1. The van der Waals surface area contributed by atoms with Crippen LogP contribution in [0.3, 0.4) is 0 Å². The minimum Gasteiger partial charge on any atom is -0.387 e. The maximum absolute atomic E-state index is 12.9. The van der Waals surface area contributed by atoms with E-state index in [-0.39, 0.29) is 19.1 Å². The second-order valence-corrected chi connectivity index (χ2v) is 20.0. The van der Waals surface area contributed by atoms with Gasteiger partial charge in [0.2, 0.25) is 5.91 Å². The van der Waals surface area contributed by atoms with Crippen LogP contribution in [0.4, 0.5) is 0 Å². The molecule has 0 saturated heterocycles. The predicted octanol–water partition coefficient (Wildman–Crippen LogP) is 14.6. The van der Waals surface area contributed by atoms with Crippen LogP contribution in [0.1, 0.15) is 232 Å². The summed E-state index contributed by atoms with van der Waals surface area (Å²) in [5.41, 5.74) is 0. The van der Waals surface area contributed by atoms with Crippen molar-refractivity contribution in [1.82, 2.24) is 5.32 Å². The highest BCUT2D eigenvalue weighted by molar-refractivity contribution is 7.47. The number of quaternary nitrogens is 1. The number of aliphatic hydroxyl groups excluding tert-OH is 1. The van der Waals surface area contributed by atoms with Crippen LogP contribution in [-0.2, 0) is 18.4 Å². The van der Waals surface area contributed by atoms with Gasteiger partial charge in [0.05, 0.1) is 39.9 Å². The van der Waals surface area contributed by atoms with E-state index in [1.807, 2.05) is 27.2 Å². The summed E-state index contributed by atoms with van der Waals surface area (Å²) < 4.78 is 23.6. The molecular weight excluding hydrogens is 768 g/mol. The van der Waals surface area contributed by atoms with Crippen molar-refractivity contribution in [3.63, 3.8) is 0 Å². The largest absolute Gasteiger partial charge is 0.472 e. The Balaban J connectivity index is 4.35. The number of rotatable bonds is 46. The van der Waals surface area contributed by atoms with Gasteiger partial charge in [0, 0.05) is 6.42 Å². The smallest absolute Gasteiger partial charge is 0.387 e. The molecule has 0 aliphatic rings. The lowest BCUT2D eigenvalue weighted by Crippen LogP contribution is -2.45. The van der Waals surface area contributed by atoms with Gasteiger partial charge in [0.25, 0.3) is 0 Å². The number of nitrogens with zero attached hydrogens (tertiary/aromatic N) is 1. The Morgan fingerprint density at radius 2 is 0.917 bits per heavy atom. The number of unbranched alkanes of at least 4 members (excludes halogenated alkanes) is 29. The monoisotopic (exact) mass is 868 g/mol. The minimum absolute atomic E-state index is 0.0548. The fraction of sp³-hybridized carbons (Fsp3) is 0.863. The number of phosphoric ester groups is 1. The summed E-state index contributed by atoms with van der Waals surface area (Å²) in [6.07, 6.45) is 53.8. The van der Waals surface area contributed by atoms with Gasteiger partial charge in [0.15, 0.2) is 0 Å². The second-order valence-electron chi connectivity index (χ2n) is 18.5. The fourth-order valence-corrected chi connectivity index (χ4v) is 8.05. The summed E-state index contributed by atoms with van der Waals surface area (Å²) in [4.78, 5) is 23.2. The van der Waals surface area contributed by atoms with E-state index in [4.69, 9.17) is 9.05 Å². The first-order valence-corrected chi connectivity index (χ1v) is 26.9. The summed E-state index contributed by atoms with van der Waals surface area (Å²) >= 11 is 0. The van der Waals surface area contributed by atoms with E-state index in [9.17, 15) is 19.4 Å². The van der Waals surface area contributed by atoms with Crippen LogP contribution in [0.25, 0.3) is 0 Å². The number of hydrogen-bond donors (Lipinski definition) is 3. The summed E-state index contributed by atoms with van der Waals surface area (Å²) in [5.74, 6) is -0.190. The van der Waals surface area contributed by atoms with E-state index in [1.165, 1.54) is 167 Å². The lowest BCUT2D eigenvalue weighted by molar-refractivity contribution is -0.870. The molecule has 0 aliphatic heterocycles. The van der Waals surface area contributed by atoms with Crippen molar-refractivity contribution < 1.29 is 32.9 Å². The standard InChI is InChI=1S/C51H99N2O6P/c1-6-8-10-12-14-16-18-20-22-23-24-25-26-27-28-29-30-31-32-34-36-38-40-42-44-50(54)49(48-59-60(56,57)58-47-46-53(3,4)5)52-51(55)45-43-41-39-37-35-33-21-19-17-15-13-11-9-7-2/h29-30,34,36,42,44,49-50,54H,6-28,31-33,35,37-41,43,45-48H2,1-5H3,(H-,52,55,56,57)/p+1/b30-29+,36-34+,44-42+. The number of carbonyl (C=O) groups is 1. The van der Waals surface area contributed by atoms with Gasteiger partial charge in [-0.05, 0) is 44.9 Å². The van der Waals surface area contributed by atoms with E-state index in [1.54, 1.807) is 6.08 Å². The van der Waals surface area contributed by atoms with E-state index in [0.717, 1.165) is 44.9 Å². The molecule has 0 radical (unpaired) electrons. The molecule has 60 heavy (non-hydrogen) atoms. The quantitative estimate of drug-likeness (QED) is 0.0244. The highest BCUT2D eigenvalue weighted by Gasteiger charge is 2.27. The molecule has 0 heterocycles. The van der Waals surface area contributed by atoms with Crippen molar-refractivity contribution in [2.24, 2.45) is 0 Å². The number of allylic oxidation sites excluding steroid dienone is 5. The van der Waals surface area contributed by atoms with Gasteiger partial charge in [-0.2, -0.15) is 0 Å². The Labute approximate surface area is 372 Å². The van der Waals surface area contributed by atoms with Crippen molar-refractivity contribution in [3.8, 4) is 0 Å². The molecule has 9 heteroatoms. The first-order chi connectivity index (χ1) is 29.0. The molecule has 0 rings (SSSR count). The van der Waals surface area contributed by atoms with Crippen LogP contribution in [0.5, 0.6) is 0 Å². The first kappa shape index (κ1) is 58.7. The number of amides is 1. The summed E-state index contributed by atoms with van der Waals surface area (Å²) in [7, 11) is 1.55. The van der Waals surface area contributed by atoms with Gasteiger partial charge in [-0.25, -0.2) is 4.57 Å². The molecular formula is C51H100N2O6P+. The van der Waals surface area contributed by atoms with Gasteiger partial charge >= 0.3 is 7.82 Å². The van der Waals surface area contributed by atoms with E-state index in [0.29, 0.717) is 17.4 Å². The highest BCUT2D eigenvalue weighted by atomic mass is 31.2. The van der Waals surface area contributed by atoms with Gasteiger partial charge in [0.1, 0.15) is 13.2 Å². The molecule has 0 bridgehead atoms. The maximum Gasteiger partial charge on any atom is 0.472 e. The van der Waals surface area contributed by atoms with Crippen LogP contribution in [0.15, 0.2) is 36.5 Å². The lowest BCUT2D eigenvalue weighted by Gasteiger charge is -2.25. The number of nitrogens with one attached hydrogen (secondary N) is 1. The number of aliphatic hydroxyl groups is 1. The van der Waals surface area contributed by atoms with Crippen LogP contribution in [0, 0.1) is 0 Å². The van der Waals surface area contributed by atoms with Crippen molar-refractivity contribution in [2.75, 3.05) is 40.9 Å². The molecule has 354 valence electrons. The molecule has 1 amide bonds. The lowest BCUT2D eigenvalue weighted by atomic mass is 10.0. The van der Waals surface area contributed by atoms with E-state index in [2.05, 4.69) is 43.5 Å². The molecule has 0 aromatic rings. The maximum atomic E-state index is 12.9. The summed E-state index contributed by atoms with van der Waals surface area (Å²) in [5, 5.41) is 13.8. The fourth-order valence-electron chi connectivity index (χ4n) is 7.31. The molecule has 3 N–H and O–H groups in total. The zero-order valence-corrected chi connectivity index (χ0v) is 41.1. The molecule has 0 aliphatic carbocycles. The predicted molar refractivity (Wildman–Crippen MR) is 258 cm³/mol. The molecule has 0 aromatic carbocycles. The number of hydrogen-bond acceptors (Lipinski definition) is 5. The van der Waals surface area contributed by atoms with Crippen LogP contribution in [0.2, 0.25) is 0 Å². The Bertz CT molecular complexity index is 1070. The summed E-state index contributed by atoms with van der Waals surface area (Å²) in [6.45, 7) is 4.80. The average Bonchev–Trinajstić information content (AvgIpc) is 3.20. The van der Waals surface area contributed by atoms with Crippen molar-refractivity contribution in [1.29, 1.82) is 0 Å². The first-order valence-electron chi connectivity index (χ1n) is 25.4. The molecule has 0 spiro atoms. The molecule has 0 fully saturated rings. The van der Waals surface area contributed by atoms with Crippen LogP contribution < -0.4 is 5.32 Å². The zero-order valence-electron chi connectivity index (χ0n) is 40.2. The molecule has 3 unspecified atom stereocenters. The summed E-state index contributed by atoms with van der Waals surface area (Å²) in [6, 6.07) is -0.866. The van der Waals surface area contributed by atoms with Gasteiger partial charge < -0.3 is 19.8 Å². The normalized spacial score (nSPS) is 14.4. The van der Waals surface area contributed by atoms with Crippen molar-refractivity contribution in [2.45, 2.75) is 244 Å². The third-order valence-electron chi connectivity index (χ3n) is 11.3. The zero-order chi connectivity index (χ0) is 44.3. The Morgan fingerprint density at radius 1 is 0.550 bits per heavy atom. The van der Waals surface area contributed by atoms with E-state index >= 15 is 0 Å². The molecule has 0 saturated carbocycles. The molecule has 3 atom stereocenters. The average molecular weight is 868 g/mol. The third kappa shape index (κ3) is 44.8. The topological polar surface area (TPSA) is 105 Å². The Kier molecular flexibility index (Phi) is 42.1. The van der Waals surface area contributed by atoms with Gasteiger partial charge in [-0.15, -0.1) is 0 Å². The highest BCUT2D eigenvalue weighted by Crippen LogP contribution is 2.43. The Hall–Kier alpha value is -1.28. The van der Waals surface area contributed by atoms with Crippen LogP contribution >= 0.6 is 7.82 Å². The minimum atomic E-state index is -4.35. The number of likely N-dealkylation sites (N-methyl/N-ethyl adjacent to an activating group) is 1. The van der Waals surface area contributed by atoms with Crippen molar-refractivity contribution in [3.05, 3.63) is 36.5 Å². The van der Waals surface area contributed by atoms with E-state index < -0.39 is 20.0 Å².